The van der Waals surface area contributed by atoms with E-state index < -0.39 is 0 Å². The first kappa shape index (κ1) is 10.6. The van der Waals surface area contributed by atoms with Gasteiger partial charge in [0.05, 0.1) is 11.3 Å². The van der Waals surface area contributed by atoms with Gasteiger partial charge in [-0.1, -0.05) is 0 Å². The van der Waals surface area contributed by atoms with Crippen molar-refractivity contribution in [1.82, 2.24) is 15.2 Å². The fourth-order valence-electron chi connectivity index (χ4n) is 1.95. The van der Waals surface area contributed by atoms with Crippen LogP contribution in [0.4, 0.5) is 5.82 Å². The number of furan rings is 1. The van der Waals surface area contributed by atoms with E-state index in [9.17, 15) is 0 Å². The zero-order chi connectivity index (χ0) is 12.5. The van der Waals surface area contributed by atoms with Gasteiger partial charge in [-0.3, -0.25) is 10.1 Å². The van der Waals surface area contributed by atoms with Crippen molar-refractivity contribution in [2.75, 3.05) is 5.73 Å². The molecule has 0 bridgehead atoms. The Hall–Kier alpha value is -2.56. The summed E-state index contributed by atoms with van der Waals surface area (Å²) in [5.74, 6) is 1.31. The average molecular weight is 240 g/mol. The van der Waals surface area contributed by atoms with Crippen LogP contribution in [0.25, 0.3) is 22.4 Å². The number of aryl methyl sites for hydroxylation is 1. The van der Waals surface area contributed by atoms with Crippen LogP contribution < -0.4 is 5.73 Å². The lowest BCUT2D eigenvalue weighted by molar-refractivity contribution is 0.535. The van der Waals surface area contributed by atoms with E-state index in [1.807, 2.05) is 25.1 Å². The van der Waals surface area contributed by atoms with Gasteiger partial charge in [0.1, 0.15) is 12.0 Å². The molecule has 18 heavy (non-hydrogen) atoms. The summed E-state index contributed by atoms with van der Waals surface area (Å²) in [7, 11) is 0. The van der Waals surface area contributed by atoms with Gasteiger partial charge >= 0.3 is 0 Å². The fraction of sp³-hybridized carbons (Fsp3) is 0.0769. The molecule has 0 saturated carbocycles. The fourth-order valence-corrected chi connectivity index (χ4v) is 1.95. The lowest BCUT2D eigenvalue weighted by Gasteiger charge is -2.01. The van der Waals surface area contributed by atoms with E-state index >= 15 is 0 Å². The third kappa shape index (κ3) is 1.66. The van der Waals surface area contributed by atoms with E-state index in [1.165, 1.54) is 0 Å². The number of aromatic nitrogens is 3. The summed E-state index contributed by atoms with van der Waals surface area (Å²) in [5.41, 5.74) is 9.57. The maximum absolute atomic E-state index is 5.92. The Morgan fingerprint density at radius 2 is 2.00 bits per heavy atom. The molecule has 3 N–H and O–H groups in total. The summed E-state index contributed by atoms with van der Waals surface area (Å²) < 4.78 is 5.32. The van der Waals surface area contributed by atoms with Gasteiger partial charge in [-0.2, -0.15) is 5.10 Å². The van der Waals surface area contributed by atoms with E-state index in [1.54, 1.807) is 18.7 Å². The molecule has 0 aliphatic carbocycles. The standard InChI is InChI=1S/C13H12N4O/c1-8-6-10(7-18-8)12-11(13(14)17-16-12)9-2-4-15-5-3-9/h2-7H,1H3,(H3,14,16,17). The molecule has 5 heteroatoms. The Balaban J connectivity index is 2.18. The zero-order valence-corrected chi connectivity index (χ0v) is 9.84. The van der Waals surface area contributed by atoms with Crippen LogP contribution in [0.15, 0.2) is 41.3 Å². The molecule has 3 aromatic heterocycles. The second-order valence-corrected chi connectivity index (χ2v) is 4.04. The molecule has 0 unspecified atom stereocenters. The first-order valence-corrected chi connectivity index (χ1v) is 5.55. The van der Waals surface area contributed by atoms with Crippen molar-refractivity contribution in [2.45, 2.75) is 6.92 Å². The Labute approximate surface area is 104 Å². The molecular weight excluding hydrogens is 228 g/mol. The molecule has 0 aromatic carbocycles. The topological polar surface area (TPSA) is 80.7 Å². The van der Waals surface area contributed by atoms with Crippen molar-refractivity contribution in [3.63, 3.8) is 0 Å². The van der Waals surface area contributed by atoms with Gasteiger partial charge in [-0.15, -0.1) is 0 Å². The van der Waals surface area contributed by atoms with Crippen LogP contribution in [0.5, 0.6) is 0 Å². The predicted octanol–water partition coefficient (Wildman–Crippen LogP) is 2.62. The molecule has 0 aliphatic rings. The van der Waals surface area contributed by atoms with E-state index in [-0.39, 0.29) is 0 Å². The average Bonchev–Trinajstić information content (AvgIpc) is 2.96. The number of nitrogens with zero attached hydrogens (tertiary/aromatic N) is 2. The minimum absolute atomic E-state index is 0.468. The van der Waals surface area contributed by atoms with E-state index in [0.717, 1.165) is 28.1 Å². The van der Waals surface area contributed by atoms with Crippen molar-refractivity contribution in [3.05, 3.63) is 42.6 Å². The smallest absolute Gasteiger partial charge is 0.153 e. The van der Waals surface area contributed by atoms with E-state index in [2.05, 4.69) is 15.2 Å². The van der Waals surface area contributed by atoms with Gasteiger partial charge in [0.15, 0.2) is 5.82 Å². The number of pyridine rings is 1. The van der Waals surface area contributed by atoms with Gasteiger partial charge in [0.2, 0.25) is 0 Å². The maximum Gasteiger partial charge on any atom is 0.153 e. The largest absolute Gasteiger partial charge is 0.469 e. The van der Waals surface area contributed by atoms with Gasteiger partial charge in [-0.05, 0) is 30.7 Å². The zero-order valence-electron chi connectivity index (χ0n) is 9.84. The van der Waals surface area contributed by atoms with Crippen LogP contribution in [-0.4, -0.2) is 15.2 Å². The van der Waals surface area contributed by atoms with Crippen LogP contribution >= 0.6 is 0 Å². The predicted molar refractivity (Wildman–Crippen MR) is 68.7 cm³/mol. The molecule has 0 radical (unpaired) electrons. The van der Waals surface area contributed by atoms with E-state index in [0.29, 0.717) is 5.82 Å². The Morgan fingerprint density at radius 3 is 2.67 bits per heavy atom. The van der Waals surface area contributed by atoms with Crippen molar-refractivity contribution in [2.24, 2.45) is 0 Å². The van der Waals surface area contributed by atoms with Crippen molar-refractivity contribution >= 4 is 5.82 Å². The highest BCUT2D eigenvalue weighted by molar-refractivity contribution is 5.87. The molecule has 5 nitrogen and oxygen atoms in total. The normalized spacial score (nSPS) is 10.7. The first-order valence-electron chi connectivity index (χ1n) is 5.55. The van der Waals surface area contributed by atoms with Crippen molar-refractivity contribution in [3.8, 4) is 22.4 Å². The summed E-state index contributed by atoms with van der Waals surface area (Å²) in [5, 5.41) is 7.02. The number of hydrogen-bond donors (Lipinski definition) is 2. The number of anilines is 1. The van der Waals surface area contributed by atoms with Crippen molar-refractivity contribution < 1.29 is 4.42 Å². The van der Waals surface area contributed by atoms with Crippen LogP contribution in [0.1, 0.15) is 5.76 Å². The van der Waals surface area contributed by atoms with Gasteiger partial charge in [-0.25, -0.2) is 0 Å². The lowest BCUT2D eigenvalue weighted by Crippen LogP contribution is -1.88. The minimum Gasteiger partial charge on any atom is -0.469 e. The van der Waals surface area contributed by atoms with Crippen LogP contribution in [0.2, 0.25) is 0 Å². The molecule has 90 valence electrons. The number of hydrogen-bond acceptors (Lipinski definition) is 4. The monoisotopic (exact) mass is 240 g/mol. The van der Waals surface area contributed by atoms with Crippen LogP contribution in [-0.2, 0) is 0 Å². The summed E-state index contributed by atoms with van der Waals surface area (Å²) in [6, 6.07) is 5.74. The van der Waals surface area contributed by atoms with Gasteiger partial charge in [0.25, 0.3) is 0 Å². The highest BCUT2D eigenvalue weighted by Crippen LogP contribution is 2.34. The molecule has 0 aliphatic heterocycles. The molecule has 0 fully saturated rings. The number of nitrogens with two attached hydrogens (primary N) is 1. The Morgan fingerprint density at radius 1 is 1.22 bits per heavy atom. The van der Waals surface area contributed by atoms with Crippen LogP contribution in [0, 0.1) is 6.92 Å². The number of H-pyrrole nitrogens is 1. The second kappa shape index (κ2) is 4.03. The molecule has 0 spiro atoms. The molecule has 3 aromatic rings. The Bertz CT molecular complexity index is 669. The Kier molecular flexibility index (Phi) is 2.37. The molecule has 3 rings (SSSR count). The summed E-state index contributed by atoms with van der Waals surface area (Å²) in [6.45, 7) is 1.90. The number of aromatic amines is 1. The molecule has 3 heterocycles. The molecule has 0 atom stereocenters. The van der Waals surface area contributed by atoms with Crippen LogP contribution in [0.3, 0.4) is 0 Å². The van der Waals surface area contributed by atoms with Gasteiger partial charge < -0.3 is 10.2 Å². The third-order valence-electron chi connectivity index (χ3n) is 2.78. The molecule has 0 saturated heterocycles. The minimum atomic E-state index is 0.468. The maximum atomic E-state index is 5.92. The van der Waals surface area contributed by atoms with E-state index in [4.69, 9.17) is 10.2 Å². The second-order valence-electron chi connectivity index (χ2n) is 4.04. The highest BCUT2D eigenvalue weighted by atomic mass is 16.3. The lowest BCUT2D eigenvalue weighted by atomic mass is 10.0. The molecular formula is C13H12N4O. The summed E-state index contributed by atoms with van der Waals surface area (Å²) in [6.07, 6.45) is 5.14. The SMILES string of the molecule is Cc1cc(-c2[nH]nc(N)c2-c2ccncc2)co1. The first-order chi connectivity index (χ1) is 8.75. The summed E-state index contributed by atoms with van der Waals surface area (Å²) >= 11 is 0. The summed E-state index contributed by atoms with van der Waals surface area (Å²) in [4.78, 5) is 4.00. The molecule has 0 amide bonds. The number of rotatable bonds is 2. The highest BCUT2D eigenvalue weighted by Gasteiger charge is 2.15. The quantitative estimate of drug-likeness (QED) is 0.721. The third-order valence-corrected chi connectivity index (χ3v) is 2.78. The number of nitrogens with one attached hydrogen (secondary N) is 1. The van der Waals surface area contributed by atoms with Gasteiger partial charge in [0, 0.05) is 18.0 Å². The van der Waals surface area contributed by atoms with Crippen molar-refractivity contribution in [1.29, 1.82) is 0 Å². The number of nitrogen functional groups attached to an aromatic ring is 1.